The van der Waals surface area contributed by atoms with Crippen LogP contribution in [-0.4, -0.2) is 5.11 Å². The van der Waals surface area contributed by atoms with Crippen molar-refractivity contribution < 1.29 is 9.52 Å². The Kier molecular flexibility index (Phi) is 3.07. The number of aliphatic hydroxyl groups excluding tert-OH is 1. The lowest BCUT2D eigenvalue weighted by Gasteiger charge is -2.19. The lowest BCUT2D eigenvalue weighted by molar-refractivity contribution is 0.219. The minimum Gasteiger partial charge on any atom is -0.472 e. The van der Waals surface area contributed by atoms with Gasteiger partial charge in [-0.3, -0.25) is 0 Å². The van der Waals surface area contributed by atoms with Crippen molar-refractivity contribution in [2.45, 2.75) is 32.3 Å². The van der Waals surface area contributed by atoms with Gasteiger partial charge in [0, 0.05) is 5.56 Å². The van der Waals surface area contributed by atoms with Crippen molar-refractivity contribution in [1.29, 1.82) is 0 Å². The van der Waals surface area contributed by atoms with Gasteiger partial charge in [0.1, 0.15) is 6.10 Å². The van der Waals surface area contributed by atoms with Crippen LogP contribution in [0, 0.1) is 0 Å². The van der Waals surface area contributed by atoms with Gasteiger partial charge in [-0.05, 0) is 22.6 Å². The van der Waals surface area contributed by atoms with Crippen molar-refractivity contribution in [2.75, 3.05) is 0 Å². The molecule has 0 bridgehead atoms. The fourth-order valence-electron chi connectivity index (χ4n) is 1.79. The predicted molar refractivity (Wildman–Crippen MR) is 67.9 cm³/mol. The van der Waals surface area contributed by atoms with Crippen LogP contribution in [0.3, 0.4) is 0 Å². The fourth-order valence-corrected chi connectivity index (χ4v) is 1.79. The first kappa shape index (κ1) is 11.9. The highest BCUT2D eigenvalue weighted by Crippen LogP contribution is 2.26. The molecule has 1 N–H and O–H groups in total. The SMILES string of the molecule is CC(C)(C)c1ccc(C(O)c2ccoc2)cc1. The average Bonchev–Trinajstić information content (AvgIpc) is 2.80. The molecule has 1 heterocycles. The van der Waals surface area contributed by atoms with E-state index < -0.39 is 6.10 Å². The average molecular weight is 230 g/mol. The maximum Gasteiger partial charge on any atom is 0.107 e. The Balaban J connectivity index is 2.24. The first-order chi connectivity index (χ1) is 7.98. The molecule has 2 aromatic rings. The molecule has 0 aliphatic carbocycles. The minimum absolute atomic E-state index is 0.138. The van der Waals surface area contributed by atoms with E-state index in [-0.39, 0.29) is 5.41 Å². The second-order valence-corrected chi connectivity index (χ2v) is 5.33. The summed E-state index contributed by atoms with van der Waals surface area (Å²) >= 11 is 0. The highest BCUT2D eigenvalue weighted by molar-refractivity contribution is 5.32. The number of benzene rings is 1. The molecule has 0 aliphatic heterocycles. The van der Waals surface area contributed by atoms with E-state index >= 15 is 0 Å². The molecule has 2 nitrogen and oxygen atoms in total. The topological polar surface area (TPSA) is 33.4 Å². The van der Waals surface area contributed by atoms with E-state index in [4.69, 9.17) is 4.42 Å². The van der Waals surface area contributed by atoms with Crippen LogP contribution in [0.5, 0.6) is 0 Å². The largest absolute Gasteiger partial charge is 0.472 e. The van der Waals surface area contributed by atoms with Crippen LogP contribution in [0.4, 0.5) is 0 Å². The van der Waals surface area contributed by atoms with Crippen LogP contribution in [0.2, 0.25) is 0 Å². The molecule has 2 heteroatoms. The molecule has 0 aliphatic rings. The summed E-state index contributed by atoms with van der Waals surface area (Å²) in [6, 6.07) is 9.86. The van der Waals surface area contributed by atoms with Crippen molar-refractivity contribution in [3.05, 3.63) is 59.5 Å². The third-order valence-electron chi connectivity index (χ3n) is 2.95. The van der Waals surface area contributed by atoms with Crippen molar-refractivity contribution in [3.8, 4) is 0 Å². The van der Waals surface area contributed by atoms with Crippen LogP contribution in [0.15, 0.2) is 47.3 Å². The minimum atomic E-state index is -0.609. The Morgan fingerprint density at radius 3 is 2.12 bits per heavy atom. The van der Waals surface area contributed by atoms with Crippen LogP contribution in [-0.2, 0) is 5.41 Å². The third kappa shape index (κ3) is 2.59. The van der Waals surface area contributed by atoms with Crippen LogP contribution >= 0.6 is 0 Å². The van der Waals surface area contributed by atoms with Crippen LogP contribution in [0.25, 0.3) is 0 Å². The summed E-state index contributed by atoms with van der Waals surface area (Å²) < 4.78 is 4.98. The summed E-state index contributed by atoms with van der Waals surface area (Å²) in [5, 5.41) is 10.1. The number of rotatable bonds is 2. The molecule has 0 amide bonds. The zero-order valence-electron chi connectivity index (χ0n) is 10.5. The molecule has 17 heavy (non-hydrogen) atoms. The van der Waals surface area contributed by atoms with Crippen LogP contribution < -0.4 is 0 Å². The summed E-state index contributed by atoms with van der Waals surface area (Å²) in [7, 11) is 0. The quantitative estimate of drug-likeness (QED) is 0.854. The molecule has 1 aromatic heterocycles. The number of furan rings is 1. The second kappa shape index (κ2) is 4.38. The normalized spacial score (nSPS) is 13.6. The van der Waals surface area contributed by atoms with Gasteiger partial charge in [0.15, 0.2) is 0 Å². The van der Waals surface area contributed by atoms with E-state index in [2.05, 4.69) is 32.9 Å². The Hall–Kier alpha value is -1.54. The molecule has 0 spiro atoms. The van der Waals surface area contributed by atoms with E-state index in [0.717, 1.165) is 11.1 Å². The maximum absolute atomic E-state index is 10.1. The van der Waals surface area contributed by atoms with Crippen molar-refractivity contribution in [2.24, 2.45) is 0 Å². The van der Waals surface area contributed by atoms with E-state index in [1.54, 1.807) is 18.6 Å². The molecule has 90 valence electrons. The van der Waals surface area contributed by atoms with E-state index in [1.807, 2.05) is 12.1 Å². The van der Waals surface area contributed by atoms with E-state index in [9.17, 15) is 5.11 Å². The molecular formula is C15H18O2. The Morgan fingerprint density at radius 1 is 1.00 bits per heavy atom. The number of hydrogen-bond acceptors (Lipinski definition) is 2. The molecule has 1 unspecified atom stereocenters. The predicted octanol–water partition coefficient (Wildman–Crippen LogP) is 3.66. The molecule has 0 saturated carbocycles. The van der Waals surface area contributed by atoms with Crippen molar-refractivity contribution in [3.63, 3.8) is 0 Å². The number of aliphatic hydroxyl groups is 1. The lowest BCUT2D eigenvalue weighted by atomic mass is 9.86. The molecule has 0 radical (unpaired) electrons. The van der Waals surface area contributed by atoms with E-state index in [1.165, 1.54) is 5.56 Å². The number of hydrogen-bond donors (Lipinski definition) is 1. The summed E-state index contributed by atoms with van der Waals surface area (Å²) in [4.78, 5) is 0. The third-order valence-corrected chi connectivity index (χ3v) is 2.95. The van der Waals surface area contributed by atoms with Gasteiger partial charge in [0.2, 0.25) is 0 Å². The van der Waals surface area contributed by atoms with Gasteiger partial charge < -0.3 is 9.52 Å². The van der Waals surface area contributed by atoms with Gasteiger partial charge in [-0.15, -0.1) is 0 Å². The van der Waals surface area contributed by atoms with Crippen molar-refractivity contribution in [1.82, 2.24) is 0 Å². The summed E-state index contributed by atoms with van der Waals surface area (Å²) in [6.07, 6.45) is 2.53. The highest BCUT2D eigenvalue weighted by Gasteiger charge is 2.15. The smallest absolute Gasteiger partial charge is 0.107 e. The molecular weight excluding hydrogens is 212 g/mol. The van der Waals surface area contributed by atoms with Gasteiger partial charge >= 0.3 is 0 Å². The van der Waals surface area contributed by atoms with E-state index in [0.29, 0.717) is 0 Å². The summed E-state index contributed by atoms with van der Waals surface area (Å²) in [6.45, 7) is 6.53. The lowest BCUT2D eigenvalue weighted by Crippen LogP contribution is -2.11. The molecule has 1 aromatic carbocycles. The van der Waals surface area contributed by atoms with Crippen molar-refractivity contribution >= 4 is 0 Å². The molecule has 0 saturated heterocycles. The maximum atomic E-state index is 10.1. The molecule has 1 atom stereocenters. The molecule has 0 fully saturated rings. The van der Waals surface area contributed by atoms with Gasteiger partial charge in [-0.2, -0.15) is 0 Å². The Morgan fingerprint density at radius 2 is 1.65 bits per heavy atom. The molecule has 2 rings (SSSR count). The van der Waals surface area contributed by atoms with Gasteiger partial charge in [0.05, 0.1) is 12.5 Å². The monoisotopic (exact) mass is 230 g/mol. The second-order valence-electron chi connectivity index (χ2n) is 5.33. The van der Waals surface area contributed by atoms with Gasteiger partial charge in [-0.25, -0.2) is 0 Å². The first-order valence-corrected chi connectivity index (χ1v) is 5.79. The van der Waals surface area contributed by atoms with Gasteiger partial charge in [0.25, 0.3) is 0 Å². The summed E-state index contributed by atoms with van der Waals surface area (Å²) in [5.74, 6) is 0. The highest BCUT2D eigenvalue weighted by atomic mass is 16.3. The Bertz CT molecular complexity index is 461. The zero-order valence-corrected chi connectivity index (χ0v) is 10.5. The Labute approximate surface area is 102 Å². The van der Waals surface area contributed by atoms with Crippen LogP contribution in [0.1, 0.15) is 43.6 Å². The fraction of sp³-hybridized carbons (Fsp3) is 0.333. The van der Waals surface area contributed by atoms with Gasteiger partial charge in [-0.1, -0.05) is 45.0 Å². The zero-order chi connectivity index (χ0) is 12.5. The standard InChI is InChI=1S/C15H18O2/c1-15(2,3)13-6-4-11(5-7-13)14(16)12-8-9-17-10-12/h4-10,14,16H,1-3H3. The first-order valence-electron chi connectivity index (χ1n) is 5.79. The summed E-state index contributed by atoms with van der Waals surface area (Å²) in [5.41, 5.74) is 3.08.